The van der Waals surface area contributed by atoms with Crippen molar-refractivity contribution in [2.45, 2.75) is 6.61 Å². The largest absolute Gasteiger partial charge is 0.489 e. The van der Waals surface area contributed by atoms with Crippen LogP contribution >= 0.6 is 11.6 Å². The van der Waals surface area contributed by atoms with E-state index in [1.807, 2.05) is 72.8 Å². The second-order valence-electron chi connectivity index (χ2n) is 6.26. The predicted molar refractivity (Wildman–Crippen MR) is 112 cm³/mol. The van der Waals surface area contributed by atoms with E-state index in [9.17, 15) is 5.26 Å². The van der Waals surface area contributed by atoms with Crippen molar-refractivity contribution in [3.05, 3.63) is 94.8 Å². The van der Waals surface area contributed by atoms with Gasteiger partial charge >= 0.3 is 0 Å². The Morgan fingerprint density at radius 3 is 2.50 bits per heavy atom. The van der Waals surface area contributed by atoms with Crippen LogP contribution in [0.5, 0.6) is 5.75 Å². The minimum absolute atomic E-state index is 0.467. The van der Waals surface area contributed by atoms with Crippen LogP contribution < -0.4 is 4.74 Å². The summed E-state index contributed by atoms with van der Waals surface area (Å²) in [6.07, 6.45) is 1.81. The topological polar surface area (TPSA) is 61.7 Å². The van der Waals surface area contributed by atoms with Crippen LogP contribution in [0.3, 0.4) is 0 Å². The lowest BCUT2D eigenvalue weighted by Crippen LogP contribution is -1.94. The summed E-state index contributed by atoms with van der Waals surface area (Å²) in [5, 5.41) is 10.2. The molecule has 0 radical (unpaired) electrons. The van der Waals surface area contributed by atoms with E-state index in [-0.39, 0.29) is 0 Å². The van der Waals surface area contributed by atoms with Crippen molar-refractivity contribution < 1.29 is 4.74 Å². The van der Waals surface area contributed by atoms with E-state index >= 15 is 0 Å². The average molecular weight is 386 g/mol. The summed E-state index contributed by atoms with van der Waals surface area (Å²) >= 11 is 5.89. The highest BCUT2D eigenvalue weighted by Crippen LogP contribution is 2.21. The Labute approximate surface area is 167 Å². The summed E-state index contributed by atoms with van der Waals surface area (Å²) < 4.78 is 5.80. The van der Waals surface area contributed by atoms with Crippen molar-refractivity contribution in [2.75, 3.05) is 0 Å². The van der Waals surface area contributed by atoms with Gasteiger partial charge in [0, 0.05) is 5.02 Å². The molecule has 3 aromatic carbocycles. The van der Waals surface area contributed by atoms with E-state index in [2.05, 4.69) is 16.0 Å². The van der Waals surface area contributed by atoms with Crippen molar-refractivity contribution in [3.8, 4) is 11.8 Å². The Kier molecular flexibility index (Phi) is 5.09. The lowest BCUT2D eigenvalue weighted by atomic mass is 10.1. The van der Waals surface area contributed by atoms with Gasteiger partial charge in [-0.15, -0.1) is 0 Å². The number of halogens is 1. The number of aromatic amines is 1. The van der Waals surface area contributed by atoms with E-state index < -0.39 is 0 Å². The Balaban J connectivity index is 1.49. The fraction of sp³-hybridized carbons (Fsp3) is 0.0435. The molecule has 0 saturated carbocycles. The number of aromatic nitrogens is 2. The highest BCUT2D eigenvalue weighted by atomic mass is 35.5. The fourth-order valence-electron chi connectivity index (χ4n) is 2.81. The van der Waals surface area contributed by atoms with Gasteiger partial charge in [-0.25, -0.2) is 4.98 Å². The molecule has 0 aliphatic rings. The Hall–Kier alpha value is -3.55. The molecule has 136 valence electrons. The first-order valence-corrected chi connectivity index (χ1v) is 9.13. The third kappa shape index (κ3) is 4.06. The van der Waals surface area contributed by atoms with Gasteiger partial charge < -0.3 is 9.72 Å². The van der Waals surface area contributed by atoms with Crippen LogP contribution in [0.15, 0.2) is 72.8 Å². The maximum atomic E-state index is 9.54. The highest BCUT2D eigenvalue weighted by Gasteiger charge is 2.07. The summed E-state index contributed by atoms with van der Waals surface area (Å²) in [6.45, 7) is 0.467. The number of rotatable bonds is 5. The summed E-state index contributed by atoms with van der Waals surface area (Å²) in [5.74, 6) is 1.32. The first-order valence-electron chi connectivity index (χ1n) is 8.75. The number of ether oxygens (including phenoxy) is 1. The quantitative estimate of drug-likeness (QED) is 0.437. The number of hydrogen-bond acceptors (Lipinski definition) is 3. The molecule has 0 aliphatic carbocycles. The molecule has 28 heavy (non-hydrogen) atoms. The fourth-order valence-corrected chi connectivity index (χ4v) is 2.93. The maximum Gasteiger partial charge on any atom is 0.149 e. The molecular weight excluding hydrogens is 370 g/mol. The van der Waals surface area contributed by atoms with Crippen LogP contribution in [0.25, 0.3) is 22.7 Å². The first-order chi connectivity index (χ1) is 13.7. The minimum Gasteiger partial charge on any atom is -0.489 e. The number of fused-ring (bicyclic) bond motifs is 1. The molecule has 0 atom stereocenters. The van der Waals surface area contributed by atoms with Crippen LogP contribution in [-0.4, -0.2) is 9.97 Å². The van der Waals surface area contributed by atoms with Crippen LogP contribution in [0.2, 0.25) is 5.02 Å². The molecule has 0 saturated heterocycles. The van der Waals surface area contributed by atoms with Gasteiger partial charge in [0.05, 0.1) is 16.6 Å². The summed E-state index contributed by atoms with van der Waals surface area (Å²) in [4.78, 5) is 7.67. The Bertz CT molecular complexity index is 1140. The van der Waals surface area contributed by atoms with Gasteiger partial charge in [0.1, 0.15) is 24.3 Å². The second-order valence-corrected chi connectivity index (χ2v) is 6.69. The molecule has 0 unspecified atom stereocenters. The lowest BCUT2D eigenvalue weighted by molar-refractivity contribution is 0.306. The van der Waals surface area contributed by atoms with Crippen molar-refractivity contribution in [1.82, 2.24) is 9.97 Å². The summed E-state index contributed by atoms with van der Waals surface area (Å²) in [7, 11) is 0. The van der Waals surface area contributed by atoms with Crippen molar-refractivity contribution in [1.29, 1.82) is 5.26 Å². The number of nitrogens with one attached hydrogen (secondary N) is 1. The number of allylic oxidation sites excluding steroid dienone is 1. The van der Waals surface area contributed by atoms with E-state index in [4.69, 9.17) is 16.3 Å². The minimum atomic E-state index is 0.467. The second kappa shape index (κ2) is 7.99. The number of nitriles is 1. The molecular formula is C23H16ClN3O. The number of benzene rings is 3. The normalized spacial score (nSPS) is 11.4. The number of nitrogens with zero attached hydrogens (tertiary/aromatic N) is 2. The zero-order valence-electron chi connectivity index (χ0n) is 14.9. The van der Waals surface area contributed by atoms with Crippen LogP contribution in [-0.2, 0) is 6.61 Å². The van der Waals surface area contributed by atoms with Gasteiger partial charge in [-0.1, -0.05) is 48.0 Å². The predicted octanol–water partition coefficient (Wildman–Crippen LogP) is 5.86. The zero-order chi connectivity index (χ0) is 19.3. The van der Waals surface area contributed by atoms with Crippen molar-refractivity contribution in [3.63, 3.8) is 0 Å². The van der Waals surface area contributed by atoms with Gasteiger partial charge in [0.2, 0.25) is 0 Å². The third-order valence-corrected chi connectivity index (χ3v) is 4.53. The van der Waals surface area contributed by atoms with E-state index in [0.29, 0.717) is 23.0 Å². The third-order valence-electron chi connectivity index (χ3n) is 4.27. The molecule has 1 aromatic heterocycles. The molecule has 4 aromatic rings. The highest BCUT2D eigenvalue weighted by molar-refractivity contribution is 6.30. The van der Waals surface area contributed by atoms with Gasteiger partial charge in [-0.05, 0) is 53.6 Å². The number of para-hydroxylation sites is 2. The Morgan fingerprint density at radius 1 is 1.04 bits per heavy atom. The van der Waals surface area contributed by atoms with Crippen molar-refractivity contribution >= 4 is 34.3 Å². The van der Waals surface area contributed by atoms with E-state index in [1.165, 1.54) is 0 Å². The first kappa shape index (κ1) is 17.8. The smallest absolute Gasteiger partial charge is 0.149 e. The average Bonchev–Trinajstić information content (AvgIpc) is 3.16. The lowest BCUT2D eigenvalue weighted by Gasteiger charge is -2.06. The van der Waals surface area contributed by atoms with E-state index in [1.54, 1.807) is 6.08 Å². The molecule has 0 bridgehead atoms. The molecule has 0 aliphatic heterocycles. The molecule has 4 nitrogen and oxygen atoms in total. The molecule has 0 fully saturated rings. The number of hydrogen-bond donors (Lipinski definition) is 1. The number of H-pyrrole nitrogens is 1. The molecule has 1 heterocycles. The van der Waals surface area contributed by atoms with Gasteiger partial charge in [-0.2, -0.15) is 5.26 Å². The number of imidazole rings is 1. The molecule has 0 amide bonds. The summed E-state index contributed by atoms with van der Waals surface area (Å²) in [5.41, 5.74) is 4.17. The van der Waals surface area contributed by atoms with Crippen molar-refractivity contribution in [2.24, 2.45) is 0 Å². The van der Waals surface area contributed by atoms with Crippen LogP contribution in [0, 0.1) is 11.3 Å². The van der Waals surface area contributed by atoms with Crippen LogP contribution in [0.1, 0.15) is 17.0 Å². The monoisotopic (exact) mass is 385 g/mol. The maximum absolute atomic E-state index is 9.54. The molecule has 0 spiro atoms. The van der Waals surface area contributed by atoms with Gasteiger partial charge in [0.15, 0.2) is 0 Å². The van der Waals surface area contributed by atoms with Gasteiger partial charge in [-0.3, -0.25) is 0 Å². The Morgan fingerprint density at radius 2 is 1.79 bits per heavy atom. The van der Waals surface area contributed by atoms with Crippen LogP contribution in [0.4, 0.5) is 0 Å². The van der Waals surface area contributed by atoms with E-state index in [0.717, 1.165) is 27.9 Å². The van der Waals surface area contributed by atoms with Gasteiger partial charge in [0.25, 0.3) is 0 Å². The zero-order valence-corrected chi connectivity index (χ0v) is 15.6. The molecule has 4 rings (SSSR count). The molecule has 5 heteroatoms. The SMILES string of the molecule is N#C/C(=C/c1ccc(OCc2ccc(Cl)cc2)cc1)c1nc2ccccc2[nH]1. The summed E-state index contributed by atoms with van der Waals surface area (Å²) in [6, 6.07) is 25.1. The molecule has 1 N–H and O–H groups in total. The standard InChI is InChI=1S/C23H16ClN3O/c24-19-9-5-17(6-10-19)15-28-20-11-7-16(8-12-20)13-18(14-25)23-26-21-3-1-2-4-22(21)27-23/h1-13H,15H2,(H,26,27)/b18-13-.